The average molecular weight is 1170 g/mol. The van der Waals surface area contributed by atoms with Gasteiger partial charge >= 0.3 is 0 Å². The molecule has 0 spiro atoms. The van der Waals surface area contributed by atoms with Crippen LogP contribution in [0, 0.1) is 0 Å². The molecule has 5 aromatic rings. The molecule has 5 heteroatoms. The Hall–Kier alpha value is -9.03. The fourth-order valence-corrected chi connectivity index (χ4v) is 8.63. The van der Waals surface area contributed by atoms with Gasteiger partial charge in [-0.05, 0) is 170 Å². The van der Waals surface area contributed by atoms with E-state index in [1.165, 1.54) is 5.57 Å². The Kier molecular flexibility index (Phi) is 43.5. The summed E-state index contributed by atoms with van der Waals surface area (Å²) in [4.78, 5) is 5.04. The number of aromatic nitrogens is 1. The molecule has 5 rings (SSSR count). The maximum Gasteiger partial charge on any atom is 0.157 e. The van der Waals surface area contributed by atoms with Gasteiger partial charge in [-0.2, -0.15) is 0 Å². The third-order valence-electron chi connectivity index (χ3n) is 12.3. The Labute approximate surface area is 526 Å². The van der Waals surface area contributed by atoms with Gasteiger partial charge in [-0.25, -0.2) is 4.21 Å². The summed E-state index contributed by atoms with van der Waals surface area (Å²) in [6, 6.07) is 32.7. The van der Waals surface area contributed by atoms with Gasteiger partial charge in [0.05, 0.1) is 15.9 Å². The van der Waals surface area contributed by atoms with Crippen molar-refractivity contribution in [1.82, 2.24) is 3.97 Å². The zero-order chi connectivity index (χ0) is 65.6. The molecule has 0 aliphatic rings. The van der Waals surface area contributed by atoms with Crippen molar-refractivity contribution in [3.8, 4) is 0 Å². The van der Waals surface area contributed by atoms with Gasteiger partial charge in [0.15, 0.2) is 11.0 Å². The minimum atomic E-state index is -1.50. The zero-order valence-corrected chi connectivity index (χ0v) is 55.8. The molecule has 0 radical (unpaired) electrons. The first-order chi connectivity index (χ1) is 41.4. The van der Waals surface area contributed by atoms with E-state index in [2.05, 4.69) is 225 Å². The van der Waals surface area contributed by atoms with Gasteiger partial charge in [0.25, 0.3) is 0 Å². The standard InChI is InChI=1S/C57H59N3OS.C7H10.C5H10.C5H8.C3H6.C2H6.C2H4/c1-11-16-18-25-32-52(44(7)33-35-46(14-4)43(6)27-17-12-2)55(26-13-3)59(10)50-38-40-57-54(42-50)53-41-49(37-39-56(53)60(57)62(61)51-30-23-20-24-31-51)58(9)45(8)34-36-47(15-5)48-28-21-19-22-29-48;1-5-7(4)6(2)3;1-4-5(2)3;1-3-5-4-2;1-3-2;2*1-2/h11-17,19-42H,2,4,6,8,18H2,1,3,5,7,9-10H3;5H,1-2,4H2,3H3;4H,1-3H3;3-5H,1H2,2H3;3H,1H2,2H3;1-2H3;1-2H2/b16-11-,26-13-,27-17-,32-25+,36-34-,44-33+,46-35-,47-15+,55-52-;;;5-4-;;;. The summed E-state index contributed by atoms with van der Waals surface area (Å²) in [5.41, 5.74) is 15.0. The molecule has 454 valence electrons. The summed E-state index contributed by atoms with van der Waals surface area (Å²) in [5, 5.41) is 1.98. The van der Waals surface area contributed by atoms with E-state index in [-0.39, 0.29) is 0 Å². The van der Waals surface area contributed by atoms with Gasteiger partial charge in [0.1, 0.15) is 0 Å². The maximum absolute atomic E-state index is 14.5. The third kappa shape index (κ3) is 27.6. The molecule has 86 heavy (non-hydrogen) atoms. The van der Waals surface area contributed by atoms with Crippen LogP contribution in [0.4, 0.5) is 11.4 Å². The molecular formula is C81H103N3OS. The molecule has 0 N–H and O–H groups in total. The summed E-state index contributed by atoms with van der Waals surface area (Å²) >= 11 is 0. The molecule has 0 fully saturated rings. The van der Waals surface area contributed by atoms with Gasteiger partial charge in [-0.1, -0.05) is 242 Å². The van der Waals surface area contributed by atoms with Gasteiger partial charge in [0.2, 0.25) is 0 Å². The number of fused-ring (bicyclic) bond motifs is 3. The lowest BCUT2D eigenvalue weighted by molar-refractivity contribution is 0.679. The third-order valence-corrected chi connectivity index (χ3v) is 13.7. The molecule has 0 amide bonds. The highest BCUT2D eigenvalue weighted by Crippen LogP contribution is 2.38. The summed E-state index contributed by atoms with van der Waals surface area (Å²) in [7, 11) is 2.63. The number of hydrogen-bond acceptors (Lipinski definition) is 3. The Morgan fingerprint density at radius 1 is 0.570 bits per heavy atom. The number of anilines is 2. The molecule has 0 bridgehead atoms. The molecule has 0 saturated heterocycles. The number of allylic oxidation sites excluding steroid dienone is 29. The largest absolute Gasteiger partial charge is 0.345 e. The molecule has 4 aromatic carbocycles. The lowest BCUT2D eigenvalue weighted by atomic mass is 10.00. The van der Waals surface area contributed by atoms with E-state index < -0.39 is 11.0 Å². The summed E-state index contributed by atoms with van der Waals surface area (Å²) in [6.45, 7) is 64.4. The highest BCUT2D eigenvalue weighted by Gasteiger charge is 2.20. The van der Waals surface area contributed by atoms with E-state index in [0.717, 1.165) is 100 Å². The Bertz CT molecular complexity index is 3360. The van der Waals surface area contributed by atoms with E-state index in [4.69, 9.17) is 0 Å². The molecule has 1 heterocycles. The van der Waals surface area contributed by atoms with Crippen LogP contribution in [0.5, 0.6) is 0 Å². The minimum Gasteiger partial charge on any atom is -0.345 e. The van der Waals surface area contributed by atoms with Gasteiger partial charge in [0, 0.05) is 53.2 Å². The number of rotatable bonds is 22. The molecule has 4 nitrogen and oxygen atoms in total. The second kappa shape index (κ2) is 47.3. The van der Waals surface area contributed by atoms with Crippen LogP contribution in [0.1, 0.15) is 95.1 Å². The highest BCUT2D eigenvalue weighted by molar-refractivity contribution is 7.84. The lowest BCUT2D eigenvalue weighted by Crippen LogP contribution is -2.17. The van der Waals surface area contributed by atoms with Crippen molar-refractivity contribution in [3.05, 3.63) is 353 Å². The Balaban J connectivity index is 0. The first-order valence-corrected chi connectivity index (χ1v) is 30.1. The van der Waals surface area contributed by atoms with Crippen LogP contribution in [0.2, 0.25) is 0 Å². The summed E-state index contributed by atoms with van der Waals surface area (Å²) < 4.78 is 16.4. The average Bonchev–Trinajstić information content (AvgIpc) is 1.76. The van der Waals surface area contributed by atoms with E-state index in [9.17, 15) is 4.21 Å². The smallest absolute Gasteiger partial charge is 0.157 e. The van der Waals surface area contributed by atoms with Crippen LogP contribution < -0.4 is 9.80 Å². The van der Waals surface area contributed by atoms with Crippen molar-refractivity contribution < 1.29 is 4.21 Å². The molecule has 1 aromatic heterocycles. The molecule has 1 atom stereocenters. The van der Waals surface area contributed by atoms with Crippen molar-refractivity contribution in [2.75, 3.05) is 23.9 Å². The van der Waals surface area contributed by atoms with E-state index in [1.807, 2.05) is 158 Å². The topological polar surface area (TPSA) is 28.5 Å². The first kappa shape index (κ1) is 79.0. The Morgan fingerprint density at radius 3 is 1.51 bits per heavy atom. The second-order valence-corrected chi connectivity index (χ2v) is 20.0. The van der Waals surface area contributed by atoms with Crippen LogP contribution >= 0.6 is 0 Å². The molecule has 0 aliphatic heterocycles. The van der Waals surface area contributed by atoms with Crippen LogP contribution in [-0.4, -0.2) is 22.3 Å². The van der Waals surface area contributed by atoms with Crippen molar-refractivity contribution in [2.24, 2.45) is 0 Å². The quantitative estimate of drug-likeness (QED) is 0.0511. The fraction of sp³-hybridized carbons (Fsp3) is 0.185. The predicted octanol–water partition coefficient (Wildman–Crippen LogP) is 24.2. The SMILES string of the molecule is C=C.C=C/C=C\C.C=C/C=C\C(=C)\C(C=C)=C/C=C(C)/C(/C=C/C/C=C\C)=C(/C=C\C)N(C)c1ccc2c(c1)c1cc(N(C)C(=C)/C=C\C(=C/C)c3ccccc3)ccc1n2S(=O)c1ccccc1.C=CC.C=CC(=C)C(=C)C.CC.CC=C(C)C. The van der Waals surface area contributed by atoms with E-state index >= 15 is 0 Å². The summed E-state index contributed by atoms with van der Waals surface area (Å²) in [5.74, 6) is 0. The lowest BCUT2D eigenvalue weighted by Gasteiger charge is -2.24. The van der Waals surface area contributed by atoms with Crippen LogP contribution in [-0.2, 0) is 11.0 Å². The zero-order valence-electron chi connectivity index (χ0n) is 55.0. The molecular weight excluding hydrogens is 1060 g/mol. The van der Waals surface area contributed by atoms with Gasteiger partial charge in [-0.15, -0.1) is 19.7 Å². The van der Waals surface area contributed by atoms with Crippen molar-refractivity contribution in [1.29, 1.82) is 0 Å². The van der Waals surface area contributed by atoms with Crippen molar-refractivity contribution in [3.63, 3.8) is 0 Å². The van der Waals surface area contributed by atoms with Crippen LogP contribution in [0.3, 0.4) is 0 Å². The van der Waals surface area contributed by atoms with Crippen molar-refractivity contribution >= 4 is 49.7 Å². The molecule has 0 saturated carbocycles. The molecule has 0 aliphatic carbocycles. The second-order valence-electron chi connectivity index (χ2n) is 18.7. The normalized spacial score (nSPS) is 11.8. The Morgan fingerprint density at radius 2 is 1.09 bits per heavy atom. The van der Waals surface area contributed by atoms with Crippen LogP contribution in [0.15, 0.2) is 352 Å². The number of likely N-dealkylation sites (N-methyl/N-ethyl adjacent to an activating group) is 2. The number of nitrogens with zero attached hydrogens (tertiary/aromatic N) is 3. The van der Waals surface area contributed by atoms with Gasteiger partial charge < -0.3 is 9.80 Å². The monoisotopic (exact) mass is 1170 g/mol. The van der Waals surface area contributed by atoms with Crippen LogP contribution in [0.25, 0.3) is 27.4 Å². The van der Waals surface area contributed by atoms with E-state index in [0.29, 0.717) is 0 Å². The minimum absolute atomic E-state index is 0.731. The van der Waals surface area contributed by atoms with Crippen molar-refractivity contribution in [2.45, 2.75) is 94.4 Å². The number of hydrogen-bond donors (Lipinski definition) is 0. The predicted molar refractivity (Wildman–Crippen MR) is 397 cm³/mol. The number of benzene rings is 4. The fourth-order valence-electron chi connectivity index (χ4n) is 7.36. The molecule has 1 unspecified atom stereocenters. The summed E-state index contributed by atoms with van der Waals surface area (Å²) in [6.07, 6.45) is 42.5. The van der Waals surface area contributed by atoms with E-state index in [1.54, 1.807) is 24.3 Å². The maximum atomic E-state index is 14.5. The highest BCUT2D eigenvalue weighted by atomic mass is 32.2. The van der Waals surface area contributed by atoms with Gasteiger partial charge in [-0.3, -0.25) is 3.97 Å². The first-order valence-electron chi connectivity index (χ1n) is 29.0.